The SMILES string of the molecule is CCOC(=O)C(CCC(N)C(=O)OC(C)(C)C)(C(=O)OCC)c1cccc(C(=O)c2ccccc2)c1. The first-order valence-corrected chi connectivity index (χ1v) is 12.0. The number of carbonyl (C=O) groups is 4. The minimum Gasteiger partial charge on any atom is -0.465 e. The van der Waals surface area contributed by atoms with E-state index in [9.17, 15) is 19.2 Å². The number of carbonyl (C=O) groups excluding carboxylic acids is 4. The fourth-order valence-corrected chi connectivity index (χ4v) is 3.73. The lowest BCUT2D eigenvalue weighted by molar-refractivity contribution is -0.166. The van der Waals surface area contributed by atoms with Crippen molar-refractivity contribution in [3.63, 3.8) is 0 Å². The normalized spacial score (nSPS) is 12.4. The molecule has 8 nitrogen and oxygen atoms in total. The Labute approximate surface area is 212 Å². The second-order valence-corrected chi connectivity index (χ2v) is 9.30. The Kier molecular flexibility index (Phi) is 9.93. The van der Waals surface area contributed by atoms with Gasteiger partial charge in [0.15, 0.2) is 11.2 Å². The van der Waals surface area contributed by atoms with Crippen LogP contribution >= 0.6 is 0 Å². The smallest absolute Gasteiger partial charge is 0.328 e. The molecule has 1 unspecified atom stereocenters. The maximum absolute atomic E-state index is 13.4. The monoisotopic (exact) mass is 497 g/mol. The van der Waals surface area contributed by atoms with Gasteiger partial charge in [-0.05, 0) is 59.1 Å². The van der Waals surface area contributed by atoms with E-state index in [1.54, 1.807) is 83.1 Å². The molecule has 2 N–H and O–H groups in total. The van der Waals surface area contributed by atoms with Crippen LogP contribution in [0.25, 0.3) is 0 Å². The van der Waals surface area contributed by atoms with Gasteiger partial charge in [0.2, 0.25) is 0 Å². The maximum Gasteiger partial charge on any atom is 0.328 e. The molecule has 0 fully saturated rings. The number of hydrogen-bond acceptors (Lipinski definition) is 8. The van der Waals surface area contributed by atoms with E-state index in [0.717, 1.165) is 0 Å². The van der Waals surface area contributed by atoms with E-state index in [4.69, 9.17) is 19.9 Å². The molecule has 0 bridgehead atoms. The van der Waals surface area contributed by atoms with Crippen LogP contribution in [0.2, 0.25) is 0 Å². The van der Waals surface area contributed by atoms with Gasteiger partial charge in [-0.15, -0.1) is 0 Å². The zero-order valence-corrected chi connectivity index (χ0v) is 21.5. The van der Waals surface area contributed by atoms with Gasteiger partial charge in [0.1, 0.15) is 11.6 Å². The highest BCUT2D eigenvalue weighted by Crippen LogP contribution is 2.35. The number of esters is 3. The van der Waals surface area contributed by atoms with Gasteiger partial charge in [-0.25, -0.2) is 0 Å². The molecule has 0 saturated carbocycles. The van der Waals surface area contributed by atoms with Gasteiger partial charge < -0.3 is 19.9 Å². The zero-order valence-electron chi connectivity index (χ0n) is 21.5. The first-order chi connectivity index (χ1) is 17.0. The van der Waals surface area contributed by atoms with Crippen LogP contribution < -0.4 is 5.73 Å². The van der Waals surface area contributed by atoms with Gasteiger partial charge in [-0.1, -0.05) is 48.5 Å². The third-order valence-corrected chi connectivity index (χ3v) is 5.44. The summed E-state index contributed by atoms with van der Waals surface area (Å²) in [6.07, 6.45) is -0.253. The summed E-state index contributed by atoms with van der Waals surface area (Å²) in [5.74, 6) is -2.62. The number of ketones is 1. The molecular weight excluding hydrogens is 462 g/mol. The van der Waals surface area contributed by atoms with Crippen molar-refractivity contribution in [2.75, 3.05) is 13.2 Å². The Bertz CT molecular complexity index is 1050. The summed E-state index contributed by atoms with van der Waals surface area (Å²) in [5, 5.41) is 0. The zero-order chi connectivity index (χ0) is 26.9. The van der Waals surface area contributed by atoms with Crippen molar-refractivity contribution < 1.29 is 33.4 Å². The fraction of sp³-hybridized carbons (Fsp3) is 0.429. The van der Waals surface area contributed by atoms with Crippen molar-refractivity contribution in [1.29, 1.82) is 0 Å². The van der Waals surface area contributed by atoms with Gasteiger partial charge in [-0.2, -0.15) is 0 Å². The number of ether oxygens (including phenoxy) is 3. The van der Waals surface area contributed by atoms with E-state index in [-0.39, 0.29) is 43.0 Å². The highest BCUT2D eigenvalue weighted by molar-refractivity contribution is 6.10. The quantitative estimate of drug-likeness (QED) is 0.216. The topological polar surface area (TPSA) is 122 Å². The molecule has 2 aromatic carbocycles. The Balaban J connectivity index is 2.55. The van der Waals surface area contributed by atoms with E-state index in [2.05, 4.69) is 0 Å². The van der Waals surface area contributed by atoms with Crippen LogP contribution in [-0.4, -0.2) is 48.5 Å². The minimum atomic E-state index is -1.93. The lowest BCUT2D eigenvalue weighted by Gasteiger charge is -2.31. The molecule has 36 heavy (non-hydrogen) atoms. The molecule has 194 valence electrons. The lowest BCUT2D eigenvalue weighted by atomic mass is 9.75. The molecule has 0 spiro atoms. The molecule has 8 heteroatoms. The molecule has 2 rings (SSSR count). The molecule has 0 amide bonds. The van der Waals surface area contributed by atoms with Crippen molar-refractivity contribution in [3.05, 3.63) is 71.3 Å². The third-order valence-electron chi connectivity index (χ3n) is 5.44. The van der Waals surface area contributed by atoms with Crippen LogP contribution in [0.5, 0.6) is 0 Å². The largest absolute Gasteiger partial charge is 0.465 e. The second kappa shape index (κ2) is 12.4. The third kappa shape index (κ3) is 7.01. The summed E-state index contributed by atoms with van der Waals surface area (Å²) in [7, 11) is 0. The summed E-state index contributed by atoms with van der Waals surface area (Å²) in [4.78, 5) is 52.3. The second-order valence-electron chi connectivity index (χ2n) is 9.30. The van der Waals surface area contributed by atoms with E-state index in [1.807, 2.05) is 0 Å². The molecular formula is C28H35NO7. The Morgan fingerprint density at radius 1 is 0.833 bits per heavy atom. The van der Waals surface area contributed by atoms with Crippen molar-refractivity contribution in [1.82, 2.24) is 0 Å². The Hall–Kier alpha value is -3.52. The molecule has 0 aliphatic heterocycles. The van der Waals surface area contributed by atoms with Gasteiger partial charge in [0, 0.05) is 11.1 Å². The highest BCUT2D eigenvalue weighted by atomic mass is 16.6. The predicted octanol–water partition coefficient (Wildman–Crippen LogP) is 3.73. The first-order valence-electron chi connectivity index (χ1n) is 12.0. The van der Waals surface area contributed by atoms with Crippen LogP contribution in [0.1, 0.15) is 68.9 Å². The summed E-state index contributed by atoms with van der Waals surface area (Å²) in [6.45, 7) is 8.42. The minimum absolute atomic E-state index is 0.0146. The van der Waals surface area contributed by atoms with Crippen LogP contribution in [0.4, 0.5) is 0 Å². The molecule has 0 aromatic heterocycles. The molecule has 0 aliphatic carbocycles. The molecule has 0 aliphatic rings. The summed E-state index contributed by atoms with van der Waals surface area (Å²) in [5.41, 5.74) is 4.36. The highest BCUT2D eigenvalue weighted by Gasteiger charge is 2.51. The van der Waals surface area contributed by atoms with E-state index < -0.39 is 35.0 Å². The van der Waals surface area contributed by atoms with Crippen LogP contribution in [0.15, 0.2) is 54.6 Å². The van der Waals surface area contributed by atoms with Crippen molar-refractivity contribution in [3.8, 4) is 0 Å². The van der Waals surface area contributed by atoms with E-state index in [1.165, 1.54) is 6.07 Å². The fourth-order valence-electron chi connectivity index (χ4n) is 3.73. The van der Waals surface area contributed by atoms with Crippen molar-refractivity contribution in [2.45, 2.75) is 64.5 Å². The van der Waals surface area contributed by atoms with Gasteiger partial charge in [0.05, 0.1) is 13.2 Å². The summed E-state index contributed by atoms with van der Waals surface area (Å²) < 4.78 is 16.0. The first kappa shape index (κ1) is 28.7. The molecule has 0 radical (unpaired) electrons. The number of hydrogen-bond donors (Lipinski definition) is 1. The van der Waals surface area contributed by atoms with Gasteiger partial charge in [-0.3, -0.25) is 19.2 Å². The Morgan fingerprint density at radius 3 is 1.92 bits per heavy atom. The molecule has 0 saturated heterocycles. The molecule has 2 aromatic rings. The van der Waals surface area contributed by atoms with Crippen molar-refractivity contribution in [2.24, 2.45) is 5.73 Å². The summed E-state index contributed by atoms with van der Waals surface area (Å²) >= 11 is 0. The Morgan fingerprint density at radius 2 is 1.39 bits per heavy atom. The molecule has 1 atom stereocenters. The number of benzene rings is 2. The van der Waals surface area contributed by atoms with Gasteiger partial charge >= 0.3 is 17.9 Å². The average Bonchev–Trinajstić information content (AvgIpc) is 2.84. The van der Waals surface area contributed by atoms with Crippen LogP contribution in [0, 0.1) is 0 Å². The van der Waals surface area contributed by atoms with E-state index in [0.29, 0.717) is 5.56 Å². The number of rotatable bonds is 11. The van der Waals surface area contributed by atoms with Crippen LogP contribution in [-0.2, 0) is 34.0 Å². The number of nitrogens with two attached hydrogens (primary N) is 1. The van der Waals surface area contributed by atoms with Crippen molar-refractivity contribution >= 4 is 23.7 Å². The predicted molar refractivity (Wildman–Crippen MR) is 134 cm³/mol. The summed E-state index contributed by atoms with van der Waals surface area (Å²) in [6, 6.07) is 13.8. The standard InChI is InChI=1S/C28H35NO7/c1-6-34-25(32)28(26(33)35-7-2,17-16-22(29)24(31)36-27(3,4)5)21-15-11-14-20(18-21)23(30)19-12-9-8-10-13-19/h8-15,18,22H,6-7,16-17,29H2,1-5H3. The van der Waals surface area contributed by atoms with Gasteiger partial charge in [0.25, 0.3) is 0 Å². The van der Waals surface area contributed by atoms with Crippen LogP contribution in [0.3, 0.4) is 0 Å². The molecule has 0 heterocycles. The maximum atomic E-state index is 13.4. The lowest BCUT2D eigenvalue weighted by Crippen LogP contribution is -2.48. The van der Waals surface area contributed by atoms with E-state index >= 15 is 0 Å². The average molecular weight is 498 g/mol.